The number of fused-ring (bicyclic) bond motifs is 4. The van der Waals surface area contributed by atoms with Gasteiger partial charge < -0.3 is 53.6 Å². The van der Waals surface area contributed by atoms with Gasteiger partial charge in [-0.25, -0.2) is 0 Å². The zero-order chi connectivity index (χ0) is 39.4. The molecule has 5 aliphatic heterocycles. The van der Waals surface area contributed by atoms with Crippen LogP contribution >= 0.6 is 0 Å². The van der Waals surface area contributed by atoms with E-state index in [1.165, 1.54) is 0 Å². The van der Waals surface area contributed by atoms with E-state index in [1.807, 2.05) is 74.5 Å². The lowest BCUT2D eigenvalue weighted by atomic mass is 9.74. The van der Waals surface area contributed by atoms with Crippen LogP contribution in [0.25, 0.3) is 0 Å². The molecule has 53 heavy (non-hydrogen) atoms. The third kappa shape index (κ3) is 8.23. The van der Waals surface area contributed by atoms with E-state index in [0.29, 0.717) is 38.8 Å². The molecule has 0 saturated carbocycles. The minimum atomic E-state index is -2.16. The van der Waals surface area contributed by atoms with Gasteiger partial charge in [0.25, 0.3) is 5.97 Å². The number of hydrogen-bond donors (Lipinski definition) is 4. The number of rotatable bonds is 10. The van der Waals surface area contributed by atoms with Gasteiger partial charge >= 0.3 is 0 Å². The van der Waals surface area contributed by atoms with Gasteiger partial charge in [0.15, 0.2) is 12.6 Å². The molecule has 12 nitrogen and oxygen atoms in total. The summed E-state index contributed by atoms with van der Waals surface area (Å²) < 4.78 is 46.8. The molecule has 0 radical (unpaired) electrons. The molecule has 0 aromatic rings. The molecule has 0 aromatic heterocycles. The first-order valence-electron chi connectivity index (χ1n) is 20.1. The smallest absolute Gasteiger partial charge is 0.286 e. The standard InChI is InChI=1S/C41H71NO11/c1-14-17-42(18-15-2)28-19-23(5)47-37(31(28)43)50-35-25(7)33(49-30-21-38(10,11)34(44)27(9)48-30)26(8)41(46)51-29(16-3)40(13,45)36(53-41)24(6)32-22(4)20-39(35,12)52-32/h14-15,22-37,43-46H,1-2,16-21H2,3-13H3/t22-,23+,24-,25-,26+,27?,28?,29+,30-,31?,32?,33-,34-,35+,36+,37-,39+,40+,41-/m0/s1. The van der Waals surface area contributed by atoms with Gasteiger partial charge in [-0.05, 0) is 58.3 Å². The molecule has 4 unspecified atom stereocenters. The lowest BCUT2D eigenvalue weighted by Crippen LogP contribution is -2.69. The second-order valence-electron chi connectivity index (χ2n) is 18.2. The topological polar surface area (TPSA) is 149 Å². The normalized spacial score (nSPS) is 51.8. The molecule has 4 N–H and O–H groups in total. The van der Waals surface area contributed by atoms with E-state index in [0.717, 1.165) is 0 Å². The number of ether oxygens (including phenoxy) is 7. The maximum atomic E-state index is 12.5. The molecule has 0 amide bonds. The Hall–Kier alpha value is -1.00. The molecule has 306 valence electrons. The van der Waals surface area contributed by atoms with Crippen LogP contribution in [-0.2, 0) is 33.2 Å². The summed E-state index contributed by atoms with van der Waals surface area (Å²) in [6.45, 7) is 30.4. The highest BCUT2D eigenvalue weighted by Gasteiger charge is 2.64. The van der Waals surface area contributed by atoms with E-state index >= 15 is 0 Å². The molecule has 0 aromatic carbocycles. The molecular weight excluding hydrogens is 682 g/mol. The molecule has 5 heterocycles. The van der Waals surface area contributed by atoms with Crippen molar-refractivity contribution in [2.45, 2.75) is 193 Å². The molecule has 5 fully saturated rings. The number of hydrogen-bond acceptors (Lipinski definition) is 12. The first kappa shape index (κ1) is 43.1. The molecule has 19 atom stereocenters. The summed E-state index contributed by atoms with van der Waals surface area (Å²) in [5.41, 5.74) is -2.87. The van der Waals surface area contributed by atoms with Gasteiger partial charge in [-0.1, -0.05) is 60.6 Å². The second-order valence-corrected chi connectivity index (χ2v) is 18.2. The highest BCUT2D eigenvalue weighted by molar-refractivity contribution is 5.07. The summed E-state index contributed by atoms with van der Waals surface area (Å²) >= 11 is 0. The van der Waals surface area contributed by atoms with E-state index in [1.54, 1.807) is 6.92 Å². The maximum absolute atomic E-state index is 12.5. The Kier molecular flexibility index (Phi) is 13.1. The van der Waals surface area contributed by atoms with Gasteiger partial charge in [0.2, 0.25) is 0 Å². The van der Waals surface area contributed by atoms with Gasteiger partial charge in [-0.15, -0.1) is 13.2 Å². The Bertz CT molecular complexity index is 1260. The maximum Gasteiger partial charge on any atom is 0.286 e. The third-order valence-corrected chi connectivity index (χ3v) is 13.3. The van der Waals surface area contributed by atoms with Crippen LogP contribution < -0.4 is 0 Å². The van der Waals surface area contributed by atoms with Crippen molar-refractivity contribution in [1.29, 1.82) is 0 Å². The van der Waals surface area contributed by atoms with Crippen LogP contribution in [0.2, 0.25) is 0 Å². The molecule has 5 aliphatic rings. The van der Waals surface area contributed by atoms with E-state index in [2.05, 4.69) is 25.0 Å². The molecule has 0 aliphatic carbocycles. The lowest BCUT2D eigenvalue weighted by molar-refractivity contribution is -0.481. The summed E-state index contributed by atoms with van der Waals surface area (Å²) in [6, 6.07) is -0.284. The Morgan fingerprint density at radius 1 is 0.849 bits per heavy atom. The highest BCUT2D eigenvalue weighted by atomic mass is 16.8. The van der Waals surface area contributed by atoms with Crippen molar-refractivity contribution in [3.8, 4) is 0 Å². The Morgan fingerprint density at radius 2 is 1.49 bits per heavy atom. The Balaban J connectivity index is 1.61. The van der Waals surface area contributed by atoms with Crippen molar-refractivity contribution in [3.05, 3.63) is 25.3 Å². The van der Waals surface area contributed by atoms with Crippen molar-refractivity contribution in [3.63, 3.8) is 0 Å². The van der Waals surface area contributed by atoms with Crippen molar-refractivity contribution >= 4 is 0 Å². The monoisotopic (exact) mass is 754 g/mol. The van der Waals surface area contributed by atoms with Gasteiger partial charge in [-0.3, -0.25) is 4.90 Å². The summed E-state index contributed by atoms with van der Waals surface area (Å²) in [5.74, 6) is -3.86. The predicted octanol–water partition coefficient (Wildman–Crippen LogP) is 4.51. The number of aliphatic hydroxyl groups is 4. The number of aliphatic hydroxyl groups excluding tert-OH is 2. The van der Waals surface area contributed by atoms with Crippen molar-refractivity contribution in [1.82, 2.24) is 4.90 Å². The zero-order valence-electron chi connectivity index (χ0n) is 34.1. The average molecular weight is 754 g/mol. The molecule has 5 rings (SSSR count). The van der Waals surface area contributed by atoms with Crippen LogP contribution in [0.1, 0.15) is 102 Å². The largest absolute Gasteiger partial charge is 0.390 e. The summed E-state index contributed by atoms with van der Waals surface area (Å²) in [5, 5.41) is 47.5. The minimum Gasteiger partial charge on any atom is -0.390 e. The van der Waals surface area contributed by atoms with E-state index in [4.69, 9.17) is 33.2 Å². The zero-order valence-corrected chi connectivity index (χ0v) is 34.1. The van der Waals surface area contributed by atoms with Crippen molar-refractivity contribution in [2.24, 2.45) is 29.1 Å². The van der Waals surface area contributed by atoms with Crippen molar-refractivity contribution in [2.75, 3.05) is 13.1 Å². The van der Waals surface area contributed by atoms with Crippen LogP contribution in [0.3, 0.4) is 0 Å². The first-order valence-corrected chi connectivity index (χ1v) is 20.1. The summed E-state index contributed by atoms with van der Waals surface area (Å²) in [4.78, 5) is 2.13. The van der Waals surface area contributed by atoms with Crippen LogP contribution in [-0.4, -0.2) is 129 Å². The SMILES string of the molecule is C=CCN(CC=C)C1C[C@@H](C)O[C@@H](O[C@@H]2[C@@H](C)[C@H](O[C@H]3CC(C)(C)[C@@H](O)C(C)O3)[C@@H](C)[C@@]3(O)O[C@H]([C@@H](C)C4O[C@]2(C)C[C@@H]4C)[C@](C)(O)[C@@H](CC)O3)C1O. The second kappa shape index (κ2) is 16.1. The van der Waals surface area contributed by atoms with E-state index in [9.17, 15) is 20.4 Å². The molecular formula is C41H71NO11. The fraction of sp³-hybridized carbons (Fsp3) is 0.902. The molecule has 4 bridgehead atoms. The minimum absolute atomic E-state index is 0.0179. The van der Waals surface area contributed by atoms with E-state index < -0.39 is 89.7 Å². The molecule has 0 spiro atoms. The average Bonchev–Trinajstić information content (AvgIpc) is 3.39. The van der Waals surface area contributed by atoms with Crippen LogP contribution in [0.15, 0.2) is 25.3 Å². The fourth-order valence-electron chi connectivity index (χ4n) is 10.4. The lowest BCUT2D eigenvalue weighted by Gasteiger charge is -2.55. The summed E-state index contributed by atoms with van der Waals surface area (Å²) in [6.07, 6.45) is -2.04. The third-order valence-electron chi connectivity index (χ3n) is 13.3. The Labute approximate surface area is 318 Å². The van der Waals surface area contributed by atoms with Gasteiger partial charge in [-0.2, -0.15) is 0 Å². The van der Waals surface area contributed by atoms with Gasteiger partial charge in [0.05, 0.1) is 60.4 Å². The summed E-state index contributed by atoms with van der Waals surface area (Å²) in [7, 11) is 0. The first-order chi connectivity index (χ1) is 24.6. The molecule has 5 saturated heterocycles. The predicted molar refractivity (Wildman–Crippen MR) is 199 cm³/mol. The quantitative estimate of drug-likeness (QED) is 0.233. The van der Waals surface area contributed by atoms with Crippen molar-refractivity contribution < 1.29 is 53.6 Å². The van der Waals surface area contributed by atoms with E-state index in [-0.39, 0.29) is 30.1 Å². The van der Waals surface area contributed by atoms with Crippen LogP contribution in [0.4, 0.5) is 0 Å². The van der Waals surface area contributed by atoms with Gasteiger partial charge in [0, 0.05) is 37.4 Å². The highest BCUT2D eigenvalue weighted by Crippen LogP contribution is 2.52. The fourth-order valence-corrected chi connectivity index (χ4v) is 10.4. The molecule has 12 heteroatoms. The van der Waals surface area contributed by atoms with Crippen LogP contribution in [0.5, 0.6) is 0 Å². The van der Waals surface area contributed by atoms with Crippen LogP contribution in [0, 0.1) is 29.1 Å². The number of nitrogens with zero attached hydrogens (tertiary/aromatic N) is 1. The Morgan fingerprint density at radius 3 is 2.08 bits per heavy atom. The van der Waals surface area contributed by atoms with Gasteiger partial charge in [0.1, 0.15) is 11.7 Å².